The monoisotopic (exact) mass is 317 g/mol. The number of anilines is 1. The standard InChI is InChI=1S/C11H9BrClNO3/c12-7-1-6(11(16)17)2-9(3-7)14-5-8(13)4-10(14)15/h1-3,8H,4-5H2,(H,16,17). The van der Waals surface area contributed by atoms with Crippen LogP contribution in [0.4, 0.5) is 5.69 Å². The highest BCUT2D eigenvalue weighted by atomic mass is 79.9. The molecular formula is C11H9BrClNO3. The Morgan fingerprint density at radius 2 is 2.18 bits per heavy atom. The Labute approximate surface area is 111 Å². The Morgan fingerprint density at radius 3 is 2.71 bits per heavy atom. The minimum Gasteiger partial charge on any atom is -0.478 e. The van der Waals surface area contributed by atoms with Gasteiger partial charge in [0.15, 0.2) is 0 Å². The molecule has 1 fully saturated rings. The summed E-state index contributed by atoms with van der Waals surface area (Å²) in [6.45, 7) is 0.413. The van der Waals surface area contributed by atoms with Crippen LogP contribution in [-0.4, -0.2) is 28.9 Å². The van der Waals surface area contributed by atoms with Gasteiger partial charge in [0.05, 0.1) is 10.9 Å². The van der Waals surface area contributed by atoms with E-state index in [0.29, 0.717) is 16.7 Å². The number of aromatic carboxylic acids is 1. The van der Waals surface area contributed by atoms with Crippen LogP contribution in [0.3, 0.4) is 0 Å². The van der Waals surface area contributed by atoms with Crippen molar-refractivity contribution in [3.05, 3.63) is 28.2 Å². The van der Waals surface area contributed by atoms with Crippen LogP contribution in [0.5, 0.6) is 0 Å². The van der Waals surface area contributed by atoms with Crippen molar-refractivity contribution in [3.63, 3.8) is 0 Å². The molecule has 17 heavy (non-hydrogen) atoms. The second-order valence-corrected chi connectivity index (χ2v) is 5.34. The summed E-state index contributed by atoms with van der Waals surface area (Å²) in [7, 11) is 0. The number of carbonyl (C=O) groups is 2. The van der Waals surface area contributed by atoms with E-state index in [1.54, 1.807) is 6.07 Å². The Morgan fingerprint density at radius 1 is 1.47 bits per heavy atom. The Bertz CT molecular complexity index is 492. The zero-order chi connectivity index (χ0) is 12.6. The summed E-state index contributed by atoms with van der Waals surface area (Å²) in [4.78, 5) is 24.1. The van der Waals surface area contributed by atoms with Crippen molar-refractivity contribution in [2.45, 2.75) is 11.8 Å². The molecule has 1 saturated heterocycles. The van der Waals surface area contributed by atoms with Crippen LogP contribution < -0.4 is 4.90 Å². The highest BCUT2D eigenvalue weighted by molar-refractivity contribution is 9.10. The van der Waals surface area contributed by atoms with Crippen molar-refractivity contribution >= 4 is 45.1 Å². The molecule has 0 aliphatic carbocycles. The number of amides is 1. The predicted octanol–water partition coefficient (Wildman–Crippen LogP) is 2.49. The van der Waals surface area contributed by atoms with Gasteiger partial charge in [0.2, 0.25) is 5.91 Å². The third-order valence-corrected chi connectivity index (χ3v) is 3.27. The molecule has 2 rings (SSSR count). The number of hydrogen-bond acceptors (Lipinski definition) is 2. The highest BCUT2D eigenvalue weighted by Gasteiger charge is 2.29. The molecule has 0 bridgehead atoms. The molecule has 1 amide bonds. The molecule has 1 aliphatic heterocycles. The van der Waals surface area contributed by atoms with E-state index in [0.717, 1.165) is 0 Å². The summed E-state index contributed by atoms with van der Waals surface area (Å²) < 4.78 is 0.623. The van der Waals surface area contributed by atoms with Crippen LogP contribution in [0.25, 0.3) is 0 Å². The van der Waals surface area contributed by atoms with Gasteiger partial charge in [0.25, 0.3) is 0 Å². The van der Waals surface area contributed by atoms with Gasteiger partial charge in [0.1, 0.15) is 0 Å². The van der Waals surface area contributed by atoms with Crippen LogP contribution in [0, 0.1) is 0 Å². The molecule has 90 valence electrons. The van der Waals surface area contributed by atoms with Gasteiger partial charge in [0, 0.05) is 23.1 Å². The zero-order valence-electron chi connectivity index (χ0n) is 8.69. The molecule has 6 heteroatoms. The van der Waals surface area contributed by atoms with Crippen molar-refractivity contribution in [2.75, 3.05) is 11.4 Å². The van der Waals surface area contributed by atoms with Gasteiger partial charge in [-0.25, -0.2) is 4.79 Å². The lowest BCUT2D eigenvalue weighted by molar-refractivity contribution is -0.117. The van der Waals surface area contributed by atoms with Crippen LogP contribution >= 0.6 is 27.5 Å². The molecule has 1 aromatic carbocycles. The summed E-state index contributed by atoms with van der Waals surface area (Å²) in [6.07, 6.45) is 0.288. The van der Waals surface area contributed by atoms with Gasteiger partial charge >= 0.3 is 5.97 Å². The first-order valence-corrected chi connectivity index (χ1v) is 6.18. The topological polar surface area (TPSA) is 57.6 Å². The number of carboxylic acid groups (broad SMARTS) is 1. The first kappa shape index (κ1) is 12.4. The fraction of sp³-hybridized carbons (Fsp3) is 0.273. The number of nitrogens with zero attached hydrogens (tertiary/aromatic N) is 1. The Hall–Kier alpha value is -1.07. The Balaban J connectivity index is 2.39. The third-order valence-electron chi connectivity index (χ3n) is 2.52. The van der Waals surface area contributed by atoms with Gasteiger partial charge in [-0.05, 0) is 18.2 Å². The molecular weight excluding hydrogens is 309 g/mol. The van der Waals surface area contributed by atoms with E-state index in [2.05, 4.69) is 15.9 Å². The van der Waals surface area contributed by atoms with Gasteiger partial charge in [-0.3, -0.25) is 4.79 Å². The average Bonchev–Trinajstić information content (AvgIpc) is 2.57. The summed E-state index contributed by atoms with van der Waals surface area (Å²) >= 11 is 9.13. The molecule has 0 aromatic heterocycles. The van der Waals surface area contributed by atoms with Crippen molar-refractivity contribution in [2.24, 2.45) is 0 Å². The molecule has 4 nitrogen and oxygen atoms in total. The van der Waals surface area contributed by atoms with Crippen molar-refractivity contribution in [1.82, 2.24) is 0 Å². The van der Waals surface area contributed by atoms with Crippen LogP contribution in [0.15, 0.2) is 22.7 Å². The van der Waals surface area contributed by atoms with Gasteiger partial charge < -0.3 is 10.0 Å². The lowest BCUT2D eigenvalue weighted by atomic mass is 10.2. The maximum absolute atomic E-state index is 11.7. The minimum atomic E-state index is -1.03. The Kier molecular flexibility index (Phi) is 3.40. The second-order valence-electron chi connectivity index (χ2n) is 3.81. The fourth-order valence-electron chi connectivity index (χ4n) is 1.77. The average molecular weight is 319 g/mol. The van der Waals surface area contributed by atoms with E-state index in [4.69, 9.17) is 16.7 Å². The minimum absolute atomic E-state index is 0.0839. The molecule has 1 atom stereocenters. The van der Waals surface area contributed by atoms with Crippen LogP contribution in [0.2, 0.25) is 0 Å². The number of alkyl halides is 1. The SMILES string of the molecule is O=C(O)c1cc(Br)cc(N2CC(Cl)CC2=O)c1. The van der Waals surface area contributed by atoms with Crippen LogP contribution in [0.1, 0.15) is 16.8 Å². The molecule has 1 aliphatic rings. The molecule has 0 spiro atoms. The molecule has 1 N–H and O–H groups in total. The fourth-order valence-corrected chi connectivity index (χ4v) is 2.52. The summed E-state index contributed by atoms with van der Waals surface area (Å²) in [5.41, 5.74) is 0.699. The van der Waals surface area contributed by atoms with Gasteiger partial charge in [-0.15, -0.1) is 11.6 Å². The first-order chi connectivity index (χ1) is 7.97. The summed E-state index contributed by atoms with van der Waals surface area (Å²) in [5, 5.41) is 8.73. The van der Waals surface area contributed by atoms with Crippen molar-refractivity contribution < 1.29 is 14.7 Å². The van der Waals surface area contributed by atoms with Crippen LogP contribution in [-0.2, 0) is 4.79 Å². The quantitative estimate of drug-likeness (QED) is 0.852. The predicted molar refractivity (Wildman–Crippen MR) is 67.7 cm³/mol. The highest BCUT2D eigenvalue weighted by Crippen LogP contribution is 2.28. The number of rotatable bonds is 2. The maximum Gasteiger partial charge on any atom is 0.335 e. The number of carbonyl (C=O) groups excluding carboxylic acids is 1. The van der Waals surface area contributed by atoms with E-state index in [1.807, 2.05) is 0 Å². The van der Waals surface area contributed by atoms with E-state index >= 15 is 0 Å². The van der Waals surface area contributed by atoms with E-state index in [9.17, 15) is 9.59 Å². The van der Waals surface area contributed by atoms with E-state index < -0.39 is 5.97 Å². The van der Waals surface area contributed by atoms with Gasteiger partial charge in [-0.1, -0.05) is 15.9 Å². The maximum atomic E-state index is 11.7. The van der Waals surface area contributed by atoms with Crippen molar-refractivity contribution in [1.29, 1.82) is 0 Å². The zero-order valence-corrected chi connectivity index (χ0v) is 11.0. The number of hydrogen-bond donors (Lipinski definition) is 1. The molecule has 1 unspecified atom stereocenters. The van der Waals surface area contributed by atoms with Crippen molar-refractivity contribution in [3.8, 4) is 0 Å². The number of halogens is 2. The normalized spacial score (nSPS) is 19.8. The summed E-state index contributed by atoms with van der Waals surface area (Å²) in [5.74, 6) is -1.11. The summed E-state index contributed by atoms with van der Waals surface area (Å²) in [6, 6.07) is 4.67. The van der Waals surface area contributed by atoms with E-state index in [-0.39, 0.29) is 23.3 Å². The molecule has 0 saturated carbocycles. The van der Waals surface area contributed by atoms with E-state index in [1.165, 1.54) is 17.0 Å². The molecule has 1 heterocycles. The third kappa shape index (κ3) is 2.61. The largest absolute Gasteiger partial charge is 0.478 e. The first-order valence-electron chi connectivity index (χ1n) is 4.95. The molecule has 1 aromatic rings. The lowest BCUT2D eigenvalue weighted by Gasteiger charge is -2.16. The van der Waals surface area contributed by atoms with Gasteiger partial charge in [-0.2, -0.15) is 0 Å². The number of carboxylic acids is 1. The lowest BCUT2D eigenvalue weighted by Crippen LogP contribution is -2.24. The molecule has 0 radical (unpaired) electrons. The smallest absolute Gasteiger partial charge is 0.335 e. The second kappa shape index (κ2) is 4.66. The number of benzene rings is 1.